The Morgan fingerprint density at radius 1 is 0.931 bits per heavy atom. The minimum absolute atomic E-state index is 0.203. The maximum absolute atomic E-state index is 12.1. The normalized spacial score (nSPS) is 12.2. The summed E-state index contributed by atoms with van der Waals surface area (Å²) in [6, 6.07) is 0. The van der Waals surface area contributed by atoms with Gasteiger partial charge in [0.25, 0.3) is 0 Å². The molecule has 0 aliphatic rings. The second-order valence-corrected chi connectivity index (χ2v) is 7.76. The number of amides is 1. The monoisotopic (exact) mass is 412 g/mol. The Morgan fingerprint density at radius 2 is 1.55 bits per heavy atom. The molecule has 6 nitrogen and oxygen atoms in total. The van der Waals surface area contributed by atoms with Crippen LogP contribution in [0.25, 0.3) is 0 Å². The number of carbonyl (C=O) groups excluding carboxylic acids is 2. The van der Waals surface area contributed by atoms with Crippen LogP contribution in [-0.2, 0) is 14.3 Å². The summed E-state index contributed by atoms with van der Waals surface area (Å²) in [5, 5.41) is 2.79. The van der Waals surface area contributed by atoms with Crippen LogP contribution in [0.5, 0.6) is 0 Å². The Labute approximate surface area is 179 Å². The highest BCUT2D eigenvalue weighted by Gasteiger charge is 2.17. The zero-order valence-electron chi connectivity index (χ0n) is 19.0. The zero-order valence-corrected chi connectivity index (χ0v) is 19.0. The highest BCUT2D eigenvalue weighted by molar-refractivity contribution is 5.70. The third-order valence-corrected chi connectivity index (χ3v) is 4.92. The van der Waals surface area contributed by atoms with E-state index in [-0.39, 0.29) is 18.5 Å². The van der Waals surface area contributed by atoms with Crippen molar-refractivity contribution in [2.24, 2.45) is 0 Å². The molecule has 0 heterocycles. The molecule has 0 aliphatic heterocycles. The van der Waals surface area contributed by atoms with Crippen LogP contribution in [-0.4, -0.2) is 55.9 Å². The number of nitrogens with one attached hydrogen (secondary N) is 1. The lowest BCUT2D eigenvalue weighted by Crippen LogP contribution is -2.35. The van der Waals surface area contributed by atoms with Crippen molar-refractivity contribution in [2.75, 3.05) is 26.7 Å². The number of alkyl carbamates (subject to hydrolysis) is 1. The summed E-state index contributed by atoms with van der Waals surface area (Å²) in [4.78, 5) is 26.0. The number of unbranched alkanes of at least 4 members (excludes halogenated alkanes) is 7. The summed E-state index contributed by atoms with van der Waals surface area (Å²) in [5.74, 6) is -0.352. The molecule has 0 saturated carbocycles. The maximum atomic E-state index is 12.1. The van der Waals surface area contributed by atoms with Crippen LogP contribution < -0.4 is 5.32 Å². The standard InChI is InChI=1S/C23H44N2O4/c1-6-8-9-10-11-12-13-14-15-21(16-17-22(26)28-20(3)4)29-23(27)24-18-19-25(5)7-2/h20-21H,3-4,6-19H2,1-2,5H3,(H,24,27). The molecule has 0 fully saturated rings. The molecule has 0 rings (SSSR count). The van der Waals surface area contributed by atoms with Gasteiger partial charge in [-0.15, -0.1) is 0 Å². The molecule has 29 heavy (non-hydrogen) atoms. The minimum atomic E-state index is -0.617. The van der Waals surface area contributed by atoms with E-state index in [0.29, 0.717) is 13.0 Å². The topological polar surface area (TPSA) is 67.9 Å². The molecule has 1 amide bonds. The van der Waals surface area contributed by atoms with Gasteiger partial charge in [0.15, 0.2) is 0 Å². The molecule has 0 aromatic rings. The van der Waals surface area contributed by atoms with E-state index in [2.05, 4.69) is 37.9 Å². The predicted octanol–water partition coefficient (Wildman–Crippen LogP) is 4.92. The van der Waals surface area contributed by atoms with Gasteiger partial charge in [-0.25, -0.2) is 4.79 Å². The van der Waals surface area contributed by atoms with E-state index in [1.54, 1.807) is 0 Å². The van der Waals surface area contributed by atoms with Gasteiger partial charge in [0.2, 0.25) is 0 Å². The highest BCUT2D eigenvalue weighted by atomic mass is 16.6. The minimum Gasteiger partial charge on any atom is -0.462 e. The molecule has 0 bridgehead atoms. The van der Waals surface area contributed by atoms with E-state index in [9.17, 15) is 9.59 Å². The maximum Gasteiger partial charge on any atom is 0.407 e. The molecule has 0 saturated heterocycles. The van der Waals surface area contributed by atoms with Gasteiger partial charge in [-0.3, -0.25) is 4.79 Å². The van der Waals surface area contributed by atoms with E-state index in [1.165, 1.54) is 38.5 Å². The van der Waals surface area contributed by atoms with E-state index in [1.807, 2.05) is 7.05 Å². The van der Waals surface area contributed by atoms with Gasteiger partial charge in [0.05, 0.1) is 0 Å². The van der Waals surface area contributed by atoms with E-state index < -0.39 is 12.2 Å². The Morgan fingerprint density at radius 3 is 2.14 bits per heavy atom. The lowest BCUT2D eigenvalue weighted by molar-refractivity contribution is -0.146. The van der Waals surface area contributed by atoms with E-state index in [4.69, 9.17) is 9.47 Å². The van der Waals surface area contributed by atoms with E-state index in [0.717, 1.165) is 32.4 Å². The number of carbonyl (C=O) groups is 2. The molecule has 0 spiro atoms. The number of likely N-dealkylation sites (N-methyl/N-ethyl adjacent to an activating group) is 1. The Hall–Kier alpha value is -1.30. The summed E-state index contributed by atoms with van der Waals surface area (Å²) in [7, 11) is 2.00. The quantitative estimate of drug-likeness (QED) is 0.255. The smallest absolute Gasteiger partial charge is 0.407 e. The van der Waals surface area contributed by atoms with Crippen LogP contribution in [0.15, 0.2) is 0 Å². The van der Waals surface area contributed by atoms with Crippen LogP contribution in [0.1, 0.15) is 84.5 Å². The van der Waals surface area contributed by atoms with Crippen molar-refractivity contribution in [2.45, 2.75) is 96.7 Å². The van der Waals surface area contributed by atoms with Crippen LogP contribution in [0.2, 0.25) is 0 Å². The predicted molar refractivity (Wildman–Crippen MR) is 118 cm³/mol. The molecule has 0 aromatic carbocycles. The van der Waals surface area contributed by atoms with Crippen LogP contribution in [0, 0.1) is 13.8 Å². The van der Waals surface area contributed by atoms with Crippen molar-refractivity contribution < 1.29 is 19.1 Å². The molecule has 1 atom stereocenters. The first-order valence-corrected chi connectivity index (χ1v) is 11.4. The first-order chi connectivity index (χ1) is 13.9. The largest absolute Gasteiger partial charge is 0.462 e. The molecular formula is C23H44N2O4. The van der Waals surface area contributed by atoms with Gasteiger partial charge in [-0.05, 0) is 46.7 Å². The van der Waals surface area contributed by atoms with Crippen molar-refractivity contribution in [3.05, 3.63) is 13.8 Å². The van der Waals surface area contributed by atoms with Gasteiger partial charge in [-0.1, -0.05) is 58.8 Å². The summed E-state index contributed by atoms with van der Waals surface area (Å²) >= 11 is 0. The van der Waals surface area contributed by atoms with E-state index >= 15 is 0 Å². The van der Waals surface area contributed by atoms with Crippen molar-refractivity contribution in [1.29, 1.82) is 0 Å². The van der Waals surface area contributed by atoms with Crippen molar-refractivity contribution >= 4 is 12.1 Å². The third kappa shape index (κ3) is 18.5. The molecule has 170 valence electrons. The highest BCUT2D eigenvalue weighted by Crippen LogP contribution is 2.15. The van der Waals surface area contributed by atoms with Crippen LogP contribution >= 0.6 is 0 Å². The SMILES string of the molecule is [CH2]C([CH2])OC(=O)CCC(CCCCCCCCCC)OC(=O)NCCN(C)CC. The van der Waals surface area contributed by atoms with Crippen molar-refractivity contribution in [3.63, 3.8) is 0 Å². The molecule has 1 unspecified atom stereocenters. The van der Waals surface area contributed by atoms with Crippen molar-refractivity contribution in [1.82, 2.24) is 10.2 Å². The van der Waals surface area contributed by atoms with Gasteiger partial charge in [-0.2, -0.15) is 0 Å². The molecule has 0 aromatic heterocycles. The first kappa shape index (κ1) is 27.7. The summed E-state index contributed by atoms with van der Waals surface area (Å²) < 4.78 is 10.5. The fraction of sp³-hybridized carbons (Fsp3) is 0.826. The summed E-state index contributed by atoms with van der Waals surface area (Å²) in [6.45, 7) is 13.6. The number of hydrogen-bond acceptors (Lipinski definition) is 5. The second kappa shape index (κ2) is 18.7. The second-order valence-electron chi connectivity index (χ2n) is 7.76. The Balaban J connectivity index is 4.23. The summed E-state index contributed by atoms with van der Waals surface area (Å²) in [6.07, 6.45) is 9.90. The third-order valence-electron chi connectivity index (χ3n) is 4.92. The van der Waals surface area contributed by atoms with Gasteiger partial charge < -0.3 is 19.7 Å². The zero-order chi connectivity index (χ0) is 21.9. The molecular weight excluding hydrogens is 368 g/mol. The molecule has 2 radical (unpaired) electrons. The lowest BCUT2D eigenvalue weighted by atomic mass is 10.0. The average molecular weight is 413 g/mol. The Kier molecular flexibility index (Phi) is 17.9. The van der Waals surface area contributed by atoms with Crippen LogP contribution in [0.4, 0.5) is 4.79 Å². The molecule has 0 aliphatic carbocycles. The number of rotatable bonds is 18. The number of esters is 1. The van der Waals surface area contributed by atoms with Crippen LogP contribution in [0.3, 0.4) is 0 Å². The van der Waals surface area contributed by atoms with Crippen molar-refractivity contribution in [3.8, 4) is 0 Å². The number of ether oxygens (including phenoxy) is 2. The fourth-order valence-electron chi connectivity index (χ4n) is 2.99. The van der Waals surface area contributed by atoms with Gasteiger partial charge >= 0.3 is 12.1 Å². The average Bonchev–Trinajstić information content (AvgIpc) is 2.67. The summed E-state index contributed by atoms with van der Waals surface area (Å²) in [5.41, 5.74) is 0. The lowest BCUT2D eigenvalue weighted by Gasteiger charge is -2.19. The fourth-order valence-corrected chi connectivity index (χ4v) is 2.99. The Bertz CT molecular complexity index is 416. The molecule has 6 heteroatoms. The van der Waals surface area contributed by atoms with Gasteiger partial charge in [0, 0.05) is 19.5 Å². The first-order valence-electron chi connectivity index (χ1n) is 11.4. The van der Waals surface area contributed by atoms with Gasteiger partial charge in [0.1, 0.15) is 12.2 Å². The molecule has 1 N–H and O–H groups in total. The number of nitrogens with zero attached hydrogens (tertiary/aromatic N) is 1. The number of hydrogen-bond donors (Lipinski definition) is 1.